The van der Waals surface area contributed by atoms with Crippen molar-refractivity contribution >= 4 is 5.57 Å². The van der Waals surface area contributed by atoms with Crippen molar-refractivity contribution in [1.82, 2.24) is 0 Å². The zero-order valence-electron chi connectivity index (χ0n) is 8.01. The van der Waals surface area contributed by atoms with Crippen LogP contribution in [-0.2, 0) is 0 Å². The fourth-order valence-electron chi connectivity index (χ4n) is 1.69. The molecule has 0 fully saturated rings. The topological polar surface area (TPSA) is 18.6 Å². The lowest BCUT2D eigenvalue weighted by Gasteiger charge is -2.17. The minimum absolute atomic E-state index is 1.15. The highest BCUT2D eigenvalue weighted by Crippen LogP contribution is 2.12. The van der Waals surface area contributed by atoms with Crippen molar-refractivity contribution < 1.29 is 9.88 Å². The molecule has 1 unspecified atom stereocenters. The Hall–Kier alpha value is -1.15. The fraction of sp³-hybridized carbons (Fsp3) is 0.364. The molecule has 2 nitrogen and oxygen atoms in total. The first-order chi connectivity index (χ1) is 6.36. The van der Waals surface area contributed by atoms with E-state index in [0.717, 1.165) is 6.54 Å². The van der Waals surface area contributed by atoms with E-state index in [9.17, 15) is 0 Å². The number of rotatable bonds is 1. The van der Waals surface area contributed by atoms with Crippen LogP contribution in [0.25, 0.3) is 5.57 Å². The molecule has 0 radical (unpaired) electrons. The minimum atomic E-state index is 1.15. The zero-order chi connectivity index (χ0) is 9.10. The highest BCUT2D eigenvalue weighted by Gasteiger charge is 2.15. The van der Waals surface area contributed by atoms with Gasteiger partial charge in [0.2, 0.25) is 5.69 Å². The second-order valence-corrected chi connectivity index (χ2v) is 3.67. The molecule has 2 rings (SSSR count). The molecule has 2 N–H and O–H groups in total. The van der Waals surface area contributed by atoms with Gasteiger partial charge in [-0.15, -0.1) is 0 Å². The van der Waals surface area contributed by atoms with E-state index < -0.39 is 0 Å². The van der Waals surface area contributed by atoms with Crippen LogP contribution in [0.4, 0.5) is 0 Å². The molecule has 2 heteroatoms. The lowest BCUT2D eigenvalue weighted by Crippen LogP contribution is -3.09. The van der Waals surface area contributed by atoms with Crippen LogP contribution in [0.15, 0.2) is 30.5 Å². The second kappa shape index (κ2) is 3.71. The molecule has 0 saturated heterocycles. The maximum Gasteiger partial charge on any atom is 0.206 e. The standard InChI is InChI=1S/C11H14N2/c1-13-8-5-10(6-9-13)11-4-2-3-7-12-11/h2-5,7H,6,8-9H2,1H3/p+2. The number of aromatic amines is 1. The summed E-state index contributed by atoms with van der Waals surface area (Å²) in [5.74, 6) is 0. The lowest BCUT2D eigenvalue weighted by atomic mass is 10.0. The molecule has 1 aromatic rings. The number of quaternary nitrogens is 1. The molecule has 0 amide bonds. The van der Waals surface area contributed by atoms with Gasteiger partial charge in [0.1, 0.15) is 0 Å². The van der Waals surface area contributed by atoms with Crippen LogP contribution < -0.4 is 9.88 Å². The number of likely N-dealkylation sites (N-methyl/N-ethyl adjacent to an activating group) is 1. The quantitative estimate of drug-likeness (QED) is 0.611. The largest absolute Gasteiger partial charge is 0.334 e. The first-order valence-corrected chi connectivity index (χ1v) is 4.83. The van der Waals surface area contributed by atoms with Crippen molar-refractivity contribution in [1.29, 1.82) is 0 Å². The second-order valence-electron chi connectivity index (χ2n) is 3.67. The Balaban J connectivity index is 2.19. The fourth-order valence-corrected chi connectivity index (χ4v) is 1.69. The molecule has 2 heterocycles. The van der Waals surface area contributed by atoms with Crippen LogP contribution in [0.2, 0.25) is 0 Å². The summed E-state index contributed by atoms with van der Waals surface area (Å²) >= 11 is 0. The third kappa shape index (κ3) is 1.95. The first kappa shape index (κ1) is 8.45. The summed E-state index contributed by atoms with van der Waals surface area (Å²) in [5, 5.41) is 0. The molecule has 13 heavy (non-hydrogen) atoms. The third-order valence-electron chi connectivity index (χ3n) is 2.57. The van der Waals surface area contributed by atoms with E-state index >= 15 is 0 Å². The Labute approximate surface area is 78.9 Å². The predicted octanol–water partition coefficient (Wildman–Crippen LogP) is -0.197. The average molecular weight is 176 g/mol. The van der Waals surface area contributed by atoms with E-state index in [0.29, 0.717) is 0 Å². The molecule has 1 aliphatic rings. The van der Waals surface area contributed by atoms with Crippen LogP contribution >= 0.6 is 0 Å². The van der Waals surface area contributed by atoms with Gasteiger partial charge < -0.3 is 4.90 Å². The van der Waals surface area contributed by atoms with Gasteiger partial charge in [-0.25, -0.2) is 4.98 Å². The Kier molecular flexibility index (Phi) is 2.41. The molecule has 0 spiro atoms. The number of pyridine rings is 1. The van der Waals surface area contributed by atoms with Crippen molar-refractivity contribution in [2.75, 3.05) is 20.1 Å². The highest BCUT2D eigenvalue weighted by molar-refractivity contribution is 5.60. The predicted molar refractivity (Wildman–Crippen MR) is 52.2 cm³/mol. The molecular formula is C11H16N2+2. The summed E-state index contributed by atoms with van der Waals surface area (Å²) in [6.45, 7) is 2.40. The summed E-state index contributed by atoms with van der Waals surface area (Å²) in [5.41, 5.74) is 2.74. The lowest BCUT2D eigenvalue weighted by molar-refractivity contribution is -0.874. The van der Waals surface area contributed by atoms with E-state index in [4.69, 9.17) is 0 Å². The van der Waals surface area contributed by atoms with Crippen molar-refractivity contribution in [2.24, 2.45) is 0 Å². The van der Waals surface area contributed by atoms with Gasteiger partial charge in [0.05, 0.1) is 20.1 Å². The first-order valence-electron chi connectivity index (χ1n) is 4.83. The summed E-state index contributed by atoms with van der Waals surface area (Å²) in [6, 6.07) is 6.24. The normalized spacial score (nSPS) is 22.5. The minimum Gasteiger partial charge on any atom is -0.334 e. The third-order valence-corrected chi connectivity index (χ3v) is 2.57. The van der Waals surface area contributed by atoms with Gasteiger partial charge in [-0.3, -0.25) is 0 Å². The van der Waals surface area contributed by atoms with E-state index in [-0.39, 0.29) is 0 Å². The zero-order valence-corrected chi connectivity index (χ0v) is 8.01. The van der Waals surface area contributed by atoms with Gasteiger partial charge in [0.15, 0.2) is 6.20 Å². The van der Waals surface area contributed by atoms with Gasteiger partial charge >= 0.3 is 0 Å². The SMILES string of the molecule is C[NH+]1CC=C(c2cccc[nH+]2)CC1. The van der Waals surface area contributed by atoms with Gasteiger partial charge in [-0.1, -0.05) is 0 Å². The molecule has 0 aliphatic carbocycles. The van der Waals surface area contributed by atoms with Crippen molar-refractivity contribution in [3.63, 3.8) is 0 Å². The van der Waals surface area contributed by atoms with Crippen molar-refractivity contribution in [3.05, 3.63) is 36.2 Å². The monoisotopic (exact) mass is 176 g/mol. The summed E-state index contributed by atoms with van der Waals surface area (Å²) in [7, 11) is 2.24. The number of H-pyrrole nitrogens is 1. The average Bonchev–Trinajstić information content (AvgIpc) is 2.20. The number of hydrogen-bond acceptors (Lipinski definition) is 0. The van der Waals surface area contributed by atoms with Gasteiger partial charge in [0.25, 0.3) is 0 Å². The maximum absolute atomic E-state index is 3.28. The van der Waals surface area contributed by atoms with E-state index in [1.165, 1.54) is 24.2 Å². The van der Waals surface area contributed by atoms with Crippen LogP contribution in [0.5, 0.6) is 0 Å². The molecule has 0 saturated carbocycles. The van der Waals surface area contributed by atoms with E-state index in [1.807, 2.05) is 12.3 Å². The molecule has 68 valence electrons. The van der Waals surface area contributed by atoms with Crippen LogP contribution in [-0.4, -0.2) is 20.1 Å². The highest BCUT2D eigenvalue weighted by atomic mass is 15.1. The molecular weight excluding hydrogens is 160 g/mol. The molecule has 1 aromatic heterocycles. The Morgan fingerprint density at radius 3 is 2.92 bits per heavy atom. The summed E-state index contributed by atoms with van der Waals surface area (Å²) in [6.07, 6.45) is 5.51. The Morgan fingerprint density at radius 2 is 2.31 bits per heavy atom. The van der Waals surface area contributed by atoms with Crippen molar-refractivity contribution in [3.8, 4) is 0 Å². The molecule has 0 aromatic carbocycles. The number of hydrogen-bond donors (Lipinski definition) is 1. The van der Waals surface area contributed by atoms with E-state index in [1.54, 1.807) is 4.90 Å². The maximum atomic E-state index is 3.28. The van der Waals surface area contributed by atoms with Crippen molar-refractivity contribution in [2.45, 2.75) is 6.42 Å². The number of nitrogens with one attached hydrogen (secondary N) is 2. The smallest absolute Gasteiger partial charge is 0.206 e. The molecule has 0 bridgehead atoms. The summed E-state index contributed by atoms with van der Waals surface area (Å²) < 4.78 is 0. The van der Waals surface area contributed by atoms with Gasteiger partial charge in [0, 0.05) is 24.1 Å². The Bertz CT molecular complexity index is 303. The molecule has 1 aliphatic heterocycles. The van der Waals surface area contributed by atoms with Crippen LogP contribution in [0.1, 0.15) is 12.1 Å². The molecule has 1 atom stereocenters. The summed E-state index contributed by atoms with van der Waals surface area (Å²) in [4.78, 5) is 4.87. The van der Waals surface area contributed by atoms with Crippen LogP contribution in [0, 0.1) is 0 Å². The number of aromatic nitrogens is 1. The van der Waals surface area contributed by atoms with Gasteiger partial charge in [-0.2, -0.15) is 0 Å². The van der Waals surface area contributed by atoms with E-state index in [2.05, 4.69) is 30.2 Å². The van der Waals surface area contributed by atoms with Crippen LogP contribution in [0.3, 0.4) is 0 Å². The Morgan fingerprint density at radius 1 is 1.38 bits per heavy atom. The van der Waals surface area contributed by atoms with Gasteiger partial charge in [-0.05, 0) is 12.1 Å².